The Hall–Kier alpha value is -1.73. The van der Waals surface area contributed by atoms with Crippen LogP contribution in [-0.2, 0) is 6.54 Å². The van der Waals surface area contributed by atoms with Gasteiger partial charge in [0, 0.05) is 4.47 Å². The number of halogens is 1. The number of nitrogens with one attached hydrogen (secondary N) is 1. The summed E-state index contributed by atoms with van der Waals surface area (Å²) in [6.07, 6.45) is 0. The number of carbonyl (C=O) groups is 2. The minimum Gasteiger partial charge on any atom is -0.477 e. The van der Waals surface area contributed by atoms with Crippen LogP contribution in [0.15, 0.2) is 22.7 Å². The molecule has 7 heteroatoms. The molecule has 2 rings (SSSR count). The van der Waals surface area contributed by atoms with Crippen LogP contribution in [0.5, 0.6) is 0 Å². The summed E-state index contributed by atoms with van der Waals surface area (Å²) in [5, 5.41) is 12.3. The third kappa shape index (κ3) is 3.68. The highest BCUT2D eigenvalue weighted by molar-refractivity contribution is 9.10. The summed E-state index contributed by atoms with van der Waals surface area (Å²) in [5.41, 5.74) is 2.00. The first kappa shape index (κ1) is 15.7. The number of carboxylic acids is 1. The number of hydrogen-bond donors (Lipinski definition) is 2. The number of rotatable bonds is 4. The van der Waals surface area contributed by atoms with E-state index >= 15 is 0 Å². The Morgan fingerprint density at radius 2 is 2.10 bits per heavy atom. The second kappa shape index (κ2) is 6.36. The molecular formula is C14H13BrN2O3S. The van der Waals surface area contributed by atoms with E-state index in [0.29, 0.717) is 20.7 Å². The van der Waals surface area contributed by atoms with Crippen LogP contribution < -0.4 is 5.32 Å². The summed E-state index contributed by atoms with van der Waals surface area (Å²) < 4.78 is 0.715. The van der Waals surface area contributed by atoms with Crippen molar-refractivity contribution in [1.29, 1.82) is 0 Å². The smallest absolute Gasteiger partial charge is 0.347 e. The Morgan fingerprint density at radius 1 is 1.38 bits per heavy atom. The molecule has 0 spiro atoms. The fourth-order valence-corrected chi connectivity index (χ4v) is 3.06. The van der Waals surface area contributed by atoms with Crippen LogP contribution in [0, 0.1) is 13.8 Å². The van der Waals surface area contributed by atoms with Gasteiger partial charge in [-0.1, -0.05) is 11.6 Å². The second-order valence-electron chi connectivity index (χ2n) is 4.49. The molecule has 0 atom stereocenters. The van der Waals surface area contributed by atoms with Crippen LogP contribution in [0.2, 0.25) is 0 Å². The molecule has 2 N–H and O–H groups in total. The molecule has 0 aliphatic carbocycles. The summed E-state index contributed by atoms with van der Waals surface area (Å²) in [4.78, 5) is 27.4. The molecule has 0 unspecified atom stereocenters. The maximum absolute atomic E-state index is 12.1. The molecule has 0 saturated heterocycles. The van der Waals surface area contributed by atoms with Crippen molar-refractivity contribution < 1.29 is 14.7 Å². The maximum atomic E-state index is 12.1. The van der Waals surface area contributed by atoms with Crippen LogP contribution in [0.1, 0.15) is 36.3 Å². The van der Waals surface area contributed by atoms with Gasteiger partial charge >= 0.3 is 5.97 Å². The van der Waals surface area contributed by atoms with Gasteiger partial charge in [-0.25, -0.2) is 9.78 Å². The van der Waals surface area contributed by atoms with Crippen molar-refractivity contribution in [2.45, 2.75) is 20.4 Å². The average molecular weight is 369 g/mol. The van der Waals surface area contributed by atoms with Gasteiger partial charge < -0.3 is 10.4 Å². The number of carboxylic acid groups (broad SMARTS) is 1. The highest BCUT2D eigenvalue weighted by Crippen LogP contribution is 2.20. The van der Waals surface area contributed by atoms with Gasteiger partial charge in [0.2, 0.25) is 0 Å². The van der Waals surface area contributed by atoms with Crippen LogP contribution in [0.3, 0.4) is 0 Å². The Labute approximate surface area is 134 Å². The van der Waals surface area contributed by atoms with E-state index in [0.717, 1.165) is 16.9 Å². The van der Waals surface area contributed by atoms with Gasteiger partial charge in [0.15, 0.2) is 0 Å². The zero-order valence-corrected chi connectivity index (χ0v) is 13.8. The summed E-state index contributed by atoms with van der Waals surface area (Å²) in [6.45, 7) is 3.76. The largest absolute Gasteiger partial charge is 0.477 e. The van der Waals surface area contributed by atoms with Crippen molar-refractivity contribution in [2.24, 2.45) is 0 Å². The molecule has 1 heterocycles. The van der Waals surface area contributed by atoms with Gasteiger partial charge in [-0.15, -0.1) is 11.3 Å². The molecule has 2 aromatic rings. The predicted octanol–water partition coefficient (Wildman–Crippen LogP) is 3.15. The monoisotopic (exact) mass is 368 g/mol. The van der Waals surface area contributed by atoms with E-state index in [-0.39, 0.29) is 17.3 Å². The Bertz CT molecular complexity index is 712. The van der Waals surface area contributed by atoms with Crippen LogP contribution >= 0.6 is 27.3 Å². The highest BCUT2D eigenvalue weighted by Gasteiger charge is 2.15. The van der Waals surface area contributed by atoms with Gasteiger partial charge in [0.05, 0.1) is 17.8 Å². The van der Waals surface area contributed by atoms with E-state index in [1.165, 1.54) is 0 Å². The number of hydrogen-bond acceptors (Lipinski definition) is 4. The van der Waals surface area contributed by atoms with Gasteiger partial charge in [-0.05, 0) is 41.9 Å². The fourth-order valence-electron chi connectivity index (χ4n) is 1.79. The minimum atomic E-state index is -0.996. The first-order valence-corrected chi connectivity index (χ1v) is 7.73. The van der Waals surface area contributed by atoms with Crippen LogP contribution in [0.4, 0.5) is 0 Å². The third-order valence-corrected chi connectivity index (χ3v) is 4.64. The standard InChI is InChI=1S/C14H13BrN2O3S/c1-7-3-4-10(15)9(5-7)13(18)16-6-11-17-8(2)12(21-11)14(19)20/h3-5H,6H2,1-2H3,(H,16,18)(H,19,20). The lowest BCUT2D eigenvalue weighted by atomic mass is 10.1. The van der Waals surface area contributed by atoms with Gasteiger partial charge in [-0.3, -0.25) is 4.79 Å². The van der Waals surface area contributed by atoms with E-state index in [1.54, 1.807) is 13.0 Å². The third-order valence-electron chi connectivity index (χ3n) is 2.80. The van der Waals surface area contributed by atoms with E-state index in [9.17, 15) is 9.59 Å². The molecule has 0 aliphatic heterocycles. The van der Waals surface area contributed by atoms with Crippen molar-refractivity contribution in [3.63, 3.8) is 0 Å². The molecule has 0 bridgehead atoms. The molecule has 0 aliphatic rings. The number of amides is 1. The summed E-state index contributed by atoms with van der Waals surface area (Å²) in [6, 6.07) is 5.51. The normalized spacial score (nSPS) is 10.4. The van der Waals surface area contributed by atoms with Gasteiger partial charge in [-0.2, -0.15) is 0 Å². The number of aromatic carboxylic acids is 1. The molecule has 0 radical (unpaired) electrons. The summed E-state index contributed by atoms with van der Waals surface area (Å²) in [7, 11) is 0. The molecule has 110 valence electrons. The first-order valence-electron chi connectivity index (χ1n) is 6.12. The SMILES string of the molecule is Cc1ccc(Br)c(C(=O)NCc2nc(C)c(C(=O)O)s2)c1. The first-order chi connectivity index (χ1) is 9.88. The van der Waals surface area contributed by atoms with Crippen molar-refractivity contribution in [3.8, 4) is 0 Å². The van der Waals surface area contributed by atoms with Crippen LogP contribution in [0.25, 0.3) is 0 Å². The molecular weight excluding hydrogens is 356 g/mol. The topological polar surface area (TPSA) is 79.3 Å². The molecule has 1 aromatic carbocycles. The maximum Gasteiger partial charge on any atom is 0.347 e. The molecule has 1 amide bonds. The minimum absolute atomic E-state index is 0.205. The second-order valence-corrected chi connectivity index (χ2v) is 6.43. The Morgan fingerprint density at radius 3 is 2.71 bits per heavy atom. The number of thiazole rings is 1. The van der Waals surface area contributed by atoms with Crippen LogP contribution in [-0.4, -0.2) is 22.0 Å². The fraction of sp³-hybridized carbons (Fsp3) is 0.214. The lowest BCUT2D eigenvalue weighted by Gasteiger charge is -2.06. The predicted molar refractivity (Wildman–Crippen MR) is 83.9 cm³/mol. The zero-order chi connectivity index (χ0) is 15.6. The molecule has 5 nitrogen and oxygen atoms in total. The van der Waals surface area contributed by atoms with Gasteiger partial charge in [0.25, 0.3) is 5.91 Å². The lowest BCUT2D eigenvalue weighted by Crippen LogP contribution is -2.23. The summed E-state index contributed by atoms with van der Waals surface area (Å²) in [5.74, 6) is -1.22. The number of nitrogens with zero attached hydrogens (tertiary/aromatic N) is 1. The average Bonchev–Trinajstić information content (AvgIpc) is 2.80. The molecule has 21 heavy (non-hydrogen) atoms. The van der Waals surface area contributed by atoms with Gasteiger partial charge in [0.1, 0.15) is 9.88 Å². The highest BCUT2D eigenvalue weighted by atomic mass is 79.9. The Balaban J connectivity index is 2.09. The van der Waals surface area contributed by atoms with E-state index in [4.69, 9.17) is 5.11 Å². The summed E-state index contributed by atoms with van der Waals surface area (Å²) >= 11 is 4.42. The van der Waals surface area contributed by atoms with E-state index in [1.807, 2.05) is 19.1 Å². The van der Waals surface area contributed by atoms with Crippen molar-refractivity contribution in [2.75, 3.05) is 0 Å². The number of carbonyl (C=O) groups excluding carboxylic acids is 1. The Kier molecular flexibility index (Phi) is 4.74. The molecule has 1 aromatic heterocycles. The van der Waals surface area contributed by atoms with Crippen molar-refractivity contribution >= 4 is 39.1 Å². The molecule has 0 fully saturated rings. The molecule has 0 saturated carbocycles. The van der Waals surface area contributed by atoms with E-state index < -0.39 is 5.97 Å². The number of benzene rings is 1. The quantitative estimate of drug-likeness (QED) is 0.868. The number of aromatic nitrogens is 1. The van der Waals surface area contributed by atoms with Crippen molar-refractivity contribution in [1.82, 2.24) is 10.3 Å². The van der Waals surface area contributed by atoms with E-state index in [2.05, 4.69) is 26.2 Å². The van der Waals surface area contributed by atoms with Crippen molar-refractivity contribution in [3.05, 3.63) is 49.4 Å². The zero-order valence-electron chi connectivity index (χ0n) is 11.4. The lowest BCUT2D eigenvalue weighted by molar-refractivity contribution is 0.0701. The number of aryl methyl sites for hydroxylation is 2.